The maximum Gasteiger partial charge on any atom is 0.206 e. The average Bonchev–Trinajstić information content (AvgIpc) is 2.38. The van der Waals surface area contributed by atoms with Crippen molar-refractivity contribution in [3.8, 4) is 0 Å². The second-order valence-corrected chi connectivity index (χ2v) is 8.17. The molecule has 0 saturated carbocycles. The third-order valence-electron chi connectivity index (χ3n) is 3.02. The predicted octanol–water partition coefficient (Wildman–Crippen LogP) is 4.04. The van der Waals surface area contributed by atoms with Gasteiger partial charge in [-0.1, -0.05) is 17.7 Å². The first kappa shape index (κ1) is 15.6. The molecule has 2 rings (SSSR count). The van der Waals surface area contributed by atoms with Crippen LogP contribution in [-0.4, -0.2) is 14.0 Å². The van der Waals surface area contributed by atoms with Gasteiger partial charge < -0.3 is 5.32 Å². The van der Waals surface area contributed by atoms with Gasteiger partial charge >= 0.3 is 0 Å². The van der Waals surface area contributed by atoms with E-state index in [9.17, 15) is 8.42 Å². The summed E-state index contributed by atoms with van der Waals surface area (Å²) in [5, 5.41) is 3.31. The van der Waals surface area contributed by atoms with E-state index in [0.29, 0.717) is 9.79 Å². The number of nitrogens with one attached hydrogen (secondary N) is 1. The molecule has 0 unspecified atom stereocenters. The maximum absolute atomic E-state index is 12.5. The number of sulfone groups is 1. The Bertz CT molecular complexity index is 709. The Balaban J connectivity index is 2.31. The molecule has 0 radical (unpaired) electrons. The number of anilines is 1. The van der Waals surface area contributed by atoms with E-state index in [1.54, 1.807) is 36.4 Å². The van der Waals surface area contributed by atoms with Gasteiger partial charge in [0, 0.05) is 11.2 Å². The fourth-order valence-corrected chi connectivity index (χ4v) is 3.26. The molecule has 112 valence electrons. The van der Waals surface area contributed by atoms with Gasteiger partial charge in [-0.3, -0.25) is 0 Å². The lowest BCUT2D eigenvalue weighted by Gasteiger charge is -2.22. The summed E-state index contributed by atoms with van der Waals surface area (Å²) in [6.45, 7) is 8.11. The van der Waals surface area contributed by atoms with E-state index in [4.69, 9.17) is 0 Å². The van der Waals surface area contributed by atoms with Crippen molar-refractivity contribution in [1.29, 1.82) is 0 Å². The zero-order valence-electron chi connectivity index (χ0n) is 12.8. The molecule has 0 amide bonds. The minimum absolute atomic E-state index is 0.0582. The highest BCUT2D eigenvalue weighted by Gasteiger charge is 2.17. The van der Waals surface area contributed by atoms with Crippen molar-refractivity contribution < 1.29 is 8.42 Å². The van der Waals surface area contributed by atoms with Crippen molar-refractivity contribution >= 4 is 15.5 Å². The van der Waals surface area contributed by atoms with Crippen molar-refractivity contribution in [2.75, 3.05) is 5.32 Å². The average molecular weight is 303 g/mol. The van der Waals surface area contributed by atoms with Crippen molar-refractivity contribution in [2.24, 2.45) is 0 Å². The second-order valence-electron chi connectivity index (χ2n) is 6.22. The van der Waals surface area contributed by atoms with E-state index >= 15 is 0 Å². The number of benzene rings is 2. The highest BCUT2D eigenvalue weighted by molar-refractivity contribution is 7.91. The second kappa shape index (κ2) is 5.53. The summed E-state index contributed by atoms with van der Waals surface area (Å²) in [5.74, 6) is 0. The Morgan fingerprint density at radius 3 is 1.67 bits per heavy atom. The Morgan fingerprint density at radius 2 is 1.24 bits per heavy atom. The van der Waals surface area contributed by atoms with Gasteiger partial charge in [-0.25, -0.2) is 8.42 Å². The van der Waals surface area contributed by atoms with Crippen LogP contribution >= 0.6 is 0 Å². The van der Waals surface area contributed by atoms with E-state index in [0.717, 1.165) is 11.3 Å². The standard InChI is InChI=1S/C17H21NO2S/c1-13-5-9-15(10-6-13)21(19,20)16-11-7-14(8-12-16)18-17(2,3)4/h5-12,18H,1-4H3. The van der Waals surface area contributed by atoms with Gasteiger partial charge in [0.2, 0.25) is 9.84 Å². The Hall–Kier alpha value is -1.81. The van der Waals surface area contributed by atoms with Crippen LogP contribution in [0, 0.1) is 6.92 Å². The Morgan fingerprint density at radius 1 is 0.810 bits per heavy atom. The highest BCUT2D eigenvalue weighted by atomic mass is 32.2. The molecule has 0 aliphatic heterocycles. The topological polar surface area (TPSA) is 46.2 Å². The maximum atomic E-state index is 12.5. The van der Waals surface area contributed by atoms with Gasteiger partial charge in [0.25, 0.3) is 0 Å². The van der Waals surface area contributed by atoms with Crippen LogP contribution in [0.5, 0.6) is 0 Å². The summed E-state index contributed by atoms with van der Waals surface area (Å²) >= 11 is 0. The van der Waals surface area contributed by atoms with Crippen LogP contribution in [0.2, 0.25) is 0 Å². The van der Waals surface area contributed by atoms with Crippen molar-refractivity contribution in [3.63, 3.8) is 0 Å². The van der Waals surface area contributed by atoms with Crippen molar-refractivity contribution in [3.05, 3.63) is 54.1 Å². The predicted molar refractivity (Wildman–Crippen MR) is 86.4 cm³/mol. The molecule has 0 saturated heterocycles. The van der Waals surface area contributed by atoms with E-state index in [1.165, 1.54) is 0 Å². The van der Waals surface area contributed by atoms with Crippen LogP contribution in [0.1, 0.15) is 26.3 Å². The molecule has 0 atom stereocenters. The lowest BCUT2D eigenvalue weighted by molar-refractivity contribution is 0.596. The lowest BCUT2D eigenvalue weighted by Crippen LogP contribution is -2.25. The third kappa shape index (κ3) is 3.85. The van der Waals surface area contributed by atoms with Crippen LogP contribution in [0.3, 0.4) is 0 Å². The quantitative estimate of drug-likeness (QED) is 0.931. The summed E-state index contributed by atoms with van der Waals surface area (Å²) in [4.78, 5) is 0.635. The van der Waals surface area contributed by atoms with E-state index in [2.05, 4.69) is 26.1 Å². The first-order valence-electron chi connectivity index (χ1n) is 6.88. The van der Waals surface area contributed by atoms with Crippen LogP contribution in [0.15, 0.2) is 58.3 Å². The SMILES string of the molecule is Cc1ccc(S(=O)(=O)c2ccc(NC(C)(C)C)cc2)cc1. The molecular weight excluding hydrogens is 282 g/mol. The van der Waals surface area contributed by atoms with E-state index < -0.39 is 9.84 Å². The molecule has 3 nitrogen and oxygen atoms in total. The zero-order valence-corrected chi connectivity index (χ0v) is 13.7. The van der Waals surface area contributed by atoms with Gasteiger partial charge in [0.1, 0.15) is 0 Å². The first-order chi connectivity index (χ1) is 9.68. The van der Waals surface area contributed by atoms with Gasteiger partial charge in [0.05, 0.1) is 9.79 Å². The molecular formula is C17H21NO2S. The normalized spacial score (nSPS) is 12.2. The van der Waals surface area contributed by atoms with Crippen molar-refractivity contribution in [1.82, 2.24) is 0 Å². The van der Waals surface area contributed by atoms with Gasteiger partial charge in [0.15, 0.2) is 0 Å². The molecule has 0 bridgehead atoms. The Kier molecular flexibility index (Phi) is 4.10. The number of hydrogen-bond donors (Lipinski definition) is 1. The van der Waals surface area contributed by atoms with Gasteiger partial charge in [-0.2, -0.15) is 0 Å². The van der Waals surface area contributed by atoms with Gasteiger partial charge in [-0.15, -0.1) is 0 Å². The van der Waals surface area contributed by atoms with Crippen LogP contribution in [0.4, 0.5) is 5.69 Å². The fraction of sp³-hybridized carbons (Fsp3) is 0.294. The van der Waals surface area contributed by atoms with Gasteiger partial charge in [-0.05, 0) is 64.1 Å². The minimum atomic E-state index is -3.44. The van der Waals surface area contributed by atoms with Crippen LogP contribution in [-0.2, 0) is 9.84 Å². The zero-order chi connectivity index (χ0) is 15.7. The fourth-order valence-electron chi connectivity index (χ4n) is 2.00. The first-order valence-corrected chi connectivity index (χ1v) is 8.37. The van der Waals surface area contributed by atoms with E-state index in [1.807, 2.05) is 19.1 Å². The molecule has 0 aliphatic carbocycles. The number of rotatable bonds is 3. The highest BCUT2D eigenvalue weighted by Crippen LogP contribution is 2.23. The smallest absolute Gasteiger partial charge is 0.206 e. The summed E-state index contributed by atoms with van der Waals surface area (Å²) in [6.07, 6.45) is 0. The number of aryl methyl sites for hydroxylation is 1. The number of hydrogen-bond acceptors (Lipinski definition) is 3. The molecule has 0 aromatic heterocycles. The van der Waals surface area contributed by atoms with Crippen LogP contribution in [0.25, 0.3) is 0 Å². The molecule has 0 fully saturated rings. The van der Waals surface area contributed by atoms with Crippen molar-refractivity contribution in [2.45, 2.75) is 43.0 Å². The largest absolute Gasteiger partial charge is 0.380 e. The summed E-state index contributed by atoms with van der Waals surface area (Å²) in [6, 6.07) is 13.8. The molecule has 4 heteroatoms. The summed E-state index contributed by atoms with van der Waals surface area (Å²) < 4.78 is 25.0. The third-order valence-corrected chi connectivity index (χ3v) is 4.80. The molecule has 2 aromatic rings. The Labute approximate surface area is 126 Å². The lowest BCUT2D eigenvalue weighted by atomic mass is 10.1. The monoisotopic (exact) mass is 303 g/mol. The van der Waals surface area contributed by atoms with Crippen LogP contribution < -0.4 is 5.32 Å². The molecule has 1 N–H and O–H groups in total. The molecule has 0 spiro atoms. The summed E-state index contributed by atoms with van der Waals surface area (Å²) in [7, 11) is -3.44. The van der Waals surface area contributed by atoms with E-state index in [-0.39, 0.29) is 5.54 Å². The molecule has 0 heterocycles. The minimum Gasteiger partial charge on any atom is -0.380 e. The molecule has 21 heavy (non-hydrogen) atoms. The molecule has 0 aliphatic rings. The molecule has 2 aromatic carbocycles. The summed E-state index contributed by atoms with van der Waals surface area (Å²) in [5.41, 5.74) is 1.89.